The van der Waals surface area contributed by atoms with Crippen LogP contribution in [0.1, 0.15) is 12.0 Å². The first kappa shape index (κ1) is 13.5. The molecule has 0 saturated carbocycles. The molecule has 2 aromatic rings. The van der Waals surface area contributed by atoms with Gasteiger partial charge < -0.3 is 4.90 Å². The Labute approximate surface area is 124 Å². The van der Waals surface area contributed by atoms with E-state index in [1.54, 1.807) is 0 Å². The van der Waals surface area contributed by atoms with Gasteiger partial charge in [-0.25, -0.2) is 0 Å². The smallest absolute Gasteiger partial charge is 0.162 e. The van der Waals surface area contributed by atoms with Crippen molar-refractivity contribution in [3.8, 4) is 0 Å². The van der Waals surface area contributed by atoms with Gasteiger partial charge >= 0.3 is 0 Å². The van der Waals surface area contributed by atoms with Crippen molar-refractivity contribution in [1.82, 2.24) is 13.6 Å². The Kier molecular flexibility index (Phi) is 4.61. The Morgan fingerprint density at radius 1 is 1.05 bits per heavy atom. The first-order valence-electron chi connectivity index (χ1n) is 7.20. The highest BCUT2D eigenvalue weighted by Gasteiger charge is 2.18. The molecule has 1 aliphatic heterocycles. The Morgan fingerprint density at radius 2 is 1.85 bits per heavy atom. The molecule has 0 N–H and O–H groups in total. The molecule has 0 atom stereocenters. The van der Waals surface area contributed by atoms with Crippen LogP contribution in [0, 0.1) is 0 Å². The molecule has 106 valence electrons. The zero-order valence-corrected chi connectivity index (χ0v) is 12.4. The van der Waals surface area contributed by atoms with Crippen LogP contribution in [-0.2, 0) is 6.42 Å². The molecule has 2 heterocycles. The third kappa shape index (κ3) is 3.55. The van der Waals surface area contributed by atoms with Gasteiger partial charge in [-0.15, -0.1) is 0 Å². The number of hydrogen-bond acceptors (Lipinski definition) is 5. The van der Waals surface area contributed by atoms with Crippen LogP contribution in [0.2, 0.25) is 0 Å². The zero-order chi connectivity index (χ0) is 13.6. The second-order valence-corrected chi connectivity index (χ2v) is 5.74. The van der Waals surface area contributed by atoms with Crippen molar-refractivity contribution in [2.45, 2.75) is 12.8 Å². The van der Waals surface area contributed by atoms with Crippen molar-refractivity contribution in [3.05, 3.63) is 42.1 Å². The maximum Gasteiger partial charge on any atom is 0.162 e. The maximum atomic E-state index is 4.30. The van der Waals surface area contributed by atoms with Crippen LogP contribution in [0.5, 0.6) is 0 Å². The van der Waals surface area contributed by atoms with E-state index in [-0.39, 0.29) is 0 Å². The highest BCUT2D eigenvalue weighted by Crippen LogP contribution is 2.13. The summed E-state index contributed by atoms with van der Waals surface area (Å²) in [5, 5.41) is 0. The number of hydrogen-bond donors (Lipinski definition) is 0. The first-order valence-corrected chi connectivity index (χ1v) is 7.93. The summed E-state index contributed by atoms with van der Waals surface area (Å²) in [6.45, 7) is 5.59. The van der Waals surface area contributed by atoms with Crippen molar-refractivity contribution >= 4 is 17.5 Å². The number of benzene rings is 1. The van der Waals surface area contributed by atoms with E-state index in [0.717, 1.165) is 32.0 Å². The molecule has 1 saturated heterocycles. The molecule has 3 rings (SSSR count). The fourth-order valence-corrected chi connectivity index (χ4v) is 3.09. The van der Waals surface area contributed by atoms with Crippen molar-refractivity contribution in [3.63, 3.8) is 0 Å². The minimum Gasteiger partial charge on any atom is -0.352 e. The monoisotopic (exact) mass is 288 g/mol. The van der Waals surface area contributed by atoms with Gasteiger partial charge in [0.15, 0.2) is 5.82 Å². The quantitative estimate of drug-likeness (QED) is 0.845. The van der Waals surface area contributed by atoms with E-state index in [2.05, 4.69) is 48.9 Å². The van der Waals surface area contributed by atoms with Crippen LogP contribution in [0.3, 0.4) is 0 Å². The molecule has 1 aromatic carbocycles. The van der Waals surface area contributed by atoms with Crippen molar-refractivity contribution in [2.24, 2.45) is 0 Å². The topological polar surface area (TPSA) is 32.3 Å². The number of anilines is 1. The molecule has 1 aliphatic rings. The largest absolute Gasteiger partial charge is 0.352 e. The Hall–Kier alpha value is -1.46. The number of aryl methyl sites for hydroxylation is 1. The van der Waals surface area contributed by atoms with E-state index in [0.29, 0.717) is 0 Å². The van der Waals surface area contributed by atoms with Crippen LogP contribution in [0.4, 0.5) is 5.82 Å². The van der Waals surface area contributed by atoms with Crippen molar-refractivity contribution in [1.29, 1.82) is 0 Å². The fourth-order valence-electron chi connectivity index (χ4n) is 2.65. The van der Waals surface area contributed by atoms with Gasteiger partial charge in [0.2, 0.25) is 0 Å². The molecule has 0 unspecified atom stereocenters. The van der Waals surface area contributed by atoms with Crippen LogP contribution >= 0.6 is 11.7 Å². The highest BCUT2D eigenvalue weighted by atomic mass is 32.1. The molecule has 0 bridgehead atoms. The number of piperazine rings is 1. The maximum absolute atomic E-state index is 4.30. The second kappa shape index (κ2) is 6.81. The van der Waals surface area contributed by atoms with Gasteiger partial charge in [-0.1, -0.05) is 30.3 Å². The lowest BCUT2D eigenvalue weighted by Crippen LogP contribution is -2.46. The number of rotatable bonds is 5. The van der Waals surface area contributed by atoms with Crippen molar-refractivity contribution in [2.75, 3.05) is 37.6 Å². The summed E-state index contributed by atoms with van der Waals surface area (Å²) < 4.78 is 8.38. The summed E-state index contributed by atoms with van der Waals surface area (Å²) in [5.41, 5.74) is 1.44. The van der Waals surface area contributed by atoms with Gasteiger partial charge in [0.05, 0.1) is 17.9 Å². The predicted octanol–water partition coefficient (Wildman–Crippen LogP) is 2.29. The van der Waals surface area contributed by atoms with E-state index < -0.39 is 0 Å². The lowest BCUT2D eigenvalue weighted by molar-refractivity contribution is 0.254. The summed E-state index contributed by atoms with van der Waals surface area (Å²) in [4.78, 5) is 4.89. The van der Waals surface area contributed by atoms with Crippen LogP contribution in [0.15, 0.2) is 36.5 Å². The number of nitrogens with zero attached hydrogens (tertiary/aromatic N) is 4. The first-order chi connectivity index (χ1) is 9.92. The van der Waals surface area contributed by atoms with Gasteiger partial charge in [-0.3, -0.25) is 4.90 Å². The van der Waals surface area contributed by atoms with Gasteiger partial charge in [0, 0.05) is 26.2 Å². The molecule has 0 amide bonds. The van der Waals surface area contributed by atoms with Crippen LogP contribution in [-0.4, -0.2) is 46.4 Å². The molecular formula is C15H20N4S. The van der Waals surface area contributed by atoms with Gasteiger partial charge in [0.1, 0.15) is 0 Å². The van der Waals surface area contributed by atoms with Gasteiger partial charge in [-0.05, 0) is 24.9 Å². The lowest BCUT2D eigenvalue weighted by Gasteiger charge is -2.34. The molecule has 0 aliphatic carbocycles. The van der Waals surface area contributed by atoms with Crippen molar-refractivity contribution < 1.29 is 0 Å². The lowest BCUT2D eigenvalue weighted by atomic mass is 10.1. The van der Waals surface area contributed by atoms with Crippen LogP contribution < -0.4 is 4.90 Å². The Bertz CT molecular complexity index is 492. The van der Waals surface area contributed by atoms with E-state index >= 15 is 0 Å². The Morgan fingerprint density at radius 3 is 2.55 bits per heavy atom. The summed E-state index contributed by atoms with van der Waals surface area (Å²) in [6, 6.07) is 10.8. The molecule has 5 heteroatoms. The summed E-state index contributed by atoms with van der Waals surface area (Å²) in [6.07, 6.45) is 4.29. The predicted molar refractivity (Wildman–Crippen MR) is 83.3 cm³/mol. The standard InChI is InChI=1S/C15H20N4S/c1-2-5-14(6-3-1)7-4-8-18-9-11-19(12-10-18)15-13-16-20-17-15/h1-3,5-6,13H,4,7-12H2. The molecule has 1 fully saturated rings. The van der Waals surface area contributed by atoms with Gasteiger partial charge in [0.25, 0.3) is 0 Å². The van der Waals surface area contributed by atoms with Crippen LogP contribution in [0.25, 0.3) is 0 Å². The van der Waals surface area contributed by atoms with E-state index in [1.165, 1.54) is 36.7 Å². The SMILES string of the molecule is c1ccc(CCCN2CCN(c3cnsn3)CC2)cc1. The Balaban J connectivity index is 1.39. The average molecular weight is 288 g/mol. The van der Waals surface area contributed by atoms with Gasteiger partial charge in [-0.2, -0.15) is 8.75 Å². The fraction of sp³-hybridized carbons (Fsp3) is 0.467. The molecule has 4 nitrogen and oxygen atoms in total. The summed E-state index contributed by atoms with van der Waals surface area (Å²) in [7, 11) is 0. The number of aromatic nitrogens is 2. The minimum absolute atomic E-state index is 1.04. The average Bonchev–Trinajstić information content (AvgIpc) is 3.03. The normalized spacial score (nSPS) is 16.5. The molecule has 1 aromatic heterocycles. The third-order valence-corrected chi connectivity index (χ3v) is 4.30. The molecule has 20 heavy (non-hydrogen) atoms. The third-order valence-electron chi connectivity index (χ3n) is 3.83. The molecule has 0 radical (unpaired) electrons. The summed E-state index contributed by atoms with van der Waals surface area (Å²) >= 11 is 1.29. The van der Waals surface area contributed by atoms with E-state index in [9.17, 15) is 0 Å². The summed E-state index contributed by atoms with van der Waals surface area (Å²) in [5.74, 6) is 1.04. The highest BCUT2D eigenvalue weighted by molar-refractivity contribution is 6.99. The van der Waals surface area contributed by atoms with E-state index in [4.69, 9.17) is 0 Å². The van der Waals surface area contributed by atoms with E-state index in [1.807, 2.05) is 6.20 Å². The second-order valence-electron chi connectivity index (χ2n) is 5.18. The molecular weight excluding hydrogens is 268 g/mol. The molecule has 0 spiro atoms. The zero-order valence-electron chi connectivity index (χ0n) is 11.6. The minimum atomic E-state index is 1.04.